The van der Waals surface area contributed by atoms with Gasteiger partial charge in [0.15, 0.2) is 0 Å². The molecule has 2 aliphatic heterocycles. The Balaban J connectivity index is 0.00000156. The van der Waals surface area contributed by atoms with Gasteiger partial charge in [-0.3, -0.25) is 9.69 Å². The SMILES string of the molecule is CC1CCN(C(=O)C2CNCCO2)CCN1Cc1ccccc1.Cl.Cl. The number of carbonyl (C=O) groups is 1. The molecule has 2 fully saturated rings. The summed E-state index contributed by atoms with van der Waals surface area (Å²) in [6, 6.07) is 11.0. The van der Waals surface area contributed by atoms with Gasteiger partial charge >= 0.3 is 0 Å². The molecule has 0 aromatic heterocycles. The van der Waals surface area contributed by atoms with E-state index in [0.717, 1.165) is 39.1 Å². The van der Waals surface area contributed by atoms with Crippen LogP contribution in [0, 0.1) is 0 Å². The number of morpholine rings is 1. The van der Waals surface area contributed by atoms with Gasteiger partial charge in [0.1, 0.15) is 6.10 Å². The van der Waals surface area contributed by atoms with E-state index in [0.29, 0.717) is 19.2 Å². The second-order valence-corrected chi connectivity index (χ2v) is 6.48. The summed E-state index contributed by atoms with van der Waals surface area (Å²) in [6.45, 7) is 7.84. The molecule has 142 valence electrons. The topological polar surface area (TPSA) is 44.8 Å². The highest BCUT2D eigenvalue weighted by molar-refractivity contribution is 5.85. The Kier molecular flexibility index (Phi) is 9.75. The van der Waals surface area contributed by atoms with Crippen LogP contribution in [0.25, 0.3) is 0 Å². The van der Waals surface area contributed by atoms with Crippen LogP contribution in [-0.2, 0) is 16.1 Å². The predicted molar refractivity (Wildman–Crippen MR) is 105 cm³/mol. The molecule has 0 spiro atoms. The molecule has 2 aliphatic rings. The Morgan fingerprint density at radius 1 is 1.20 bits per heavy atom. The Morgan fingerprint density at radius 3 is 2.64 bits per heavy atom. The number of benzene rings is 1. The van der Waals surface area contributed by atoms with E-state index in [1.54, 1.807) is 0 Å². The van der Waals surface area contributed by atoms with Crippen molar-refractivity contribution in [2.24, 2.45) is 0 Å². The first-order valence-electron chi connectivity index (χ1n) is 8.63. The van der Waals surface area contributed by atoms with Crippen LogP contribution < -0.4 is 5.32 Å². The molecule has 2 saturated heterocycles. The van der Waals surface area contributed by atoms with E-state index in [2.05, 4.69) is 41.4 Å². The van der Waals surface area contributed by atoms with E-state index < -0.39 is 0 Å². The number of hydrogen-bond donors (Lipinski definition) is 1. The Bertz CT molecular complexity index is 512. The summed E-state index contributed by atoms with van der Waals surface area (Å²) in [6.07, 6.45) is 0.707. The van der Waals surface area contributed by atoms with Gasteiger partial charge in [-0.05, 0) is 18.9 Å². The molecule has 0 bridgehead atoms. The average Bonchev–Trinajstić information content (AvgIpc) is 2.78. The van der Waals surface area contributed by atoms with Crippen LogP contribution >= 0.6 is 24.8 Å². The van der Waals surface area contributed by atoms with Crippen LogP contribution in [0.4, 0.5) is 0 Å². The van der Waals surface area contributed by atoms with Crippen LogP contribution in [-0.4, -0.2) is 67.2 Å². The molecule has 25 heavy (non-hydrogen) atoms. The molecule has 2 unspecified atom stereocenters. The first kappa shape index (κ1) is 22.2. The third-order valence-electron chi connectivity index (χ3n) is 4.84. The monoisotopic (exact) mass is 389 g/mol. The molecular weight excluding hydrogens is 361 g/mol. The first-order chi connectivity index (χ1) is 11.2. The van der Waals surface area contributed by atoms with E-state index in [4.69, 9.17) is 4.74 Å². The Labute approximate surface area is 162 Å². The molecule has 3 rings (SSSR count). The van der Waals surface area contributed by atoms with E-state index in [9.17, 15) is 4.79 Å². The lowest BCUT2D eigenvalue weighted by Crippen LogP contribution is -2.50. The zero-order valence-electron chi connectivity index (χ0n) is 14.7. The zero-order valence-corrected chi connectivity index (χ0v) is 16.4. The maximum absolute atomic E-state index is 12.6. The molecular formula is C18H29Cl2N3O2. The van der Waals surface area contributed by atoms with E-state index in [1.165, 1.54) is 5.56 Å². The van der Waals surface area contributed by atoms with Crippen molar-refractivity contribution in [1.82, 2.24) is 15.1 Å². The number of nitrogens with zero attached hydrogens (tertiary/aromatic N) is 2. The second kappa shape index (κ2) is 11.0. The molecule has 5 nitrogen and oxygen atoms in total. The molecule has 1 aromatic rings. The summed E-state index contributed by atoms with van der Waals surface area (Å²) < 4.78 is 5.62. The smallest absolute Gasteiger partial charge is 0.253 e. The van der Waals surface area contributed by atoms with Crippen molar-refractivity contribution in [3.8, 4) is 0 Å². The van der Waals surface area contributed by atoms with Gasteiger partial charge < -0.3 is 15.0 Å². The molecule has 1 aromatic carbocycles. The fourth-order valence-electron chi connectivity index (χ4n) is 3.31. The molecule has 1 amide bonds. The summed E-state index contributed by atoms with van der Waals surface area (Å²) in [5.74, 6) is 0.144. The Morgan fingerprint density at radius 2 is 1.96 bits per heavy atom. The highest BCUT2D eigenvalue weighted by Gasteiger charge is 2.29. The van der Waals surface area contributed by atoms with E-state index >= 15 is 0 Å². The zero-order chi connectivity index (χ0) is 16.1. The number of rotatable bonds is 3. The summed E-state index contributed by atoms with van der Waals surface area (Å²) in [7, 11) is 0. The van der Waals surface area contributed by atoms with E-state index in [-0.39, 0.29) is 36.8 Å². The minimum Gasteiger partial charge on any atom is -0.366 e. The Hall–Kier alpha value is -0.850. The normalized spacial score (nSPS) is 24.6. The van der Waals surface area contributed by atoms with Crippen molar-refractivity contribution < 1.29 is 9.53 Å². The molecule has 2 heterocycles. The third kappa shape index (κ3) is 6.12. The van der Waals surface area contributed by atoms with Crippen LogP contribution in [0.5, 0.6) is 0 Å². The van der Waals surface area contributed by atoms with Crippen LogP contribution in [0.15, 0.2) is 30.3 Å². The van der Waals surface area contributed by atoms with Crippen molar-refractivity contribution in [3.63, 3.8) is 0 Å². The van der Waals surface area contributed by atoms with Crippen LogP contribution in [0.2, 0.25) is 0 Å². The van der Waals surface area contributed by atoms with Crippen molar-refractivity contribution in [3.05, 3.63) is 35.9 Å². The van der Waals surface area contributed by atoms with Gasteiger partial charge in [-0.1, -0.05) is 30.3 Å². The molecule has 0 aliphatic carbocycles. The van der Waals surface area contributed by atoms with Crippen LogP contribution in [0.1, 0.15) is 18.9 Å². The van der Waals surface area contributed by atoms with Gasteiger partial charge in [-0.2, -0.15) is 0 Å². The fourth-order valence-corrected chi connectivity index (χ4v) is 3.31. The number of hydrogen-bond acceptors (Lipinski definition) is 4. The highest BCUT2D eigenvalue weighted by Crippen LogP contribution is 2.16. The summed E-state index contributed by atoms with van der Waals surface area (Å²) in [4.78, 5) is 17.1. The van der Waals surface area contributed by atoms with E-state index in [1.807, 2.05) is 11.0 Å². The molecule has 1 N–H and O–H groups in total. The quantitative estimate of drug-likeness (QED) is 0.857. The van der Waals surface area contributed by atoms with Crippen molar-refractivity contribution >= 4 is 30.7 Å². The molecule has 0 saturated carbocycles. The fraction of sp³-hybridized carbons (Fsp3) is 0.611. The van der Waals surface area contributed by atoms with Gasteiger partial charge in [0.25, 0.3) is 5.91 Å². The maximum atomic E-state index is 12.6. The second-order valence-electron chi connectivity index (χ2n) is 6.48. The van der Waals surface area contributed by atoms with Gasteiger partial charge in [-0.25, -0.2) is 0 Å². The van der Waals surface area contributed by atoms with Crippen molar-refractivity contribution in [2.75, 3.05) is 39.3 Å². The number of carbonyl (C=O) groups excluding carboxylic acids is 1. The van der Waals surface area contributed by atoms with Gasteiger partial charge in [-0.15, -0.1) is 24.8 Å². The molecule has 7 heteroatoms. The minimum absolute atomic E-state index is 0. The maximum Gasteiger partial charge on any atom is 0.253 e. The highest BCUT2D eigenvalue weighted by atomic mass is 35.5. The number of nitrogens with one attached hydrogen (secondary N) is 1. The van der Waals surface area contributed by atoms with Gasteiger partial charge in [0.05, 0.1) is 6.61 Å². The largest absolute Gasteiger partial charge is 0.366 e. The summed E-state index contributed by atoms with van der Waals surface area (Å²) in [5.41, 5.74) is 1.33. The predicted octanol–water partition coefficient (Wildman–Crippen LogP) is 1.94. The standard InChI is InChI=1S/C18H27N3O2.2ClH/c1-15-7-9-20(18(22)17-13-19-8-12-23-17)10-11-21(15)14-16-5-3-2-4-6-16;;/h2-6,15,17,19H,7-14H2,1H3;2*1H. The number of amides is 1. The molecule has 2 atom stereocenters. The number of halogens is 2. The van der Waals surface area contributed by atoms with Gasteiger partial charge in [0.2, 0.25) is 0 Å². The summed E-state index contributed by atoms with van der Waals surface area (Å²) >= 11 is 0. The lowest BCUT2D eigenvalue weighted by molar-refractivity contribution is -0.145. The van der Waals surface area contributed by atoms with Crippen molar-refractivity contribution in [1.29, 1.82) is 0 Å². The molecule has 0 radical (unpaired) electrons. The average molecular weight is 390 g/mol. The van der Waals surface area contributed by atoms with Gasteiger partial charge in [0, 0.05) is 45.3 Å². The summed E-state index contributed by atoms with van der Waals surface area (Å²) in [5, 5.41) is 3.24. The van der Waals surface area contributed by atoms with Crippen molar-refractivity contribution in [2.45, 2.75) is 32.0 Å². The number of ether oxygens (including phenoxy) is 1. The lowest BCUT2D eigenvalue weighted by atomic mass is 10.1. The lowest BCUT2D eigenvalue weighted by Gasteiger charge is -2.29. The van der Waals surface area contributed by atoms with Crippen LogP contribution in [0.3, 0.4) is 0 Å². The minimum atomic E-state index is -0.306. The first-order valence-corrected chi connectivity index (χ1v) is 8.63. The third-order valence-corrected chi connectivity index (χ3v) is 4.84.